The van der Waals surface area contributed by atoms with Crippen molar-refractivity contribution in [3.8, 4) is 5.75 Å². The van der Waals surface area contributed by atoms with Gasteiger partial charge in [-0.15, -0.1) is 0 Å². The van der Waals surface area contributed by atoms with E-state index in [4.69, 9.17) is 4.74 Å². The highest BCUT2D eigenvalue weighted by molar-refractivity contribution is 6.07. The molecular formula is C31H35N5O4. The minimum absolute atomic E-state index is 0.0443. The van der Waals surface area contributed by atoms with E-state index < -0.39 is 0 Å². The highest BCUT2D eigenvalue weighted by Crippen LogP contribution is 2.30. The Labute approximate surface area is 234 Å². The number of rotatable bonds is 7. The van der Waals surface area contributed by atoms with Crippen LogP contribution in [0.5, 0.6) is 5.75 Å². The predicted molar refractivity (Wildman–Crippen MR) is 155 cm³/mol. The van der Waals surface area contributed by atoms with Gasteiger partial charge in [0.05, 0.1) is 24.9 Å². The van der Waals surface area contributed by atoms with Gasteiger partial charge in [-0.25, -0.2) is 0 Å². The Morgan fingerprint density at radius 1 is 0.800 bits per heavy atom. The molecule has 0 unspecified atom stereocenters. The average Bonchev–Trinajstić information content (AvgIpc) is 3.02. The molecule has 3 amide bonds. The van der Waals surface area contributed by atoms with Crippen LogP contribution in [0, 0.1) is 0 Å². The summed E-state index contributed by atoms with van der Waals surface area (Å²) < 4.78 is 5.20. The fourth-order valence-corrected chi connectivity index (χ4v) is 5.11. The van der Waals surface area contributed by atoms with Crippen molar-refractivity contribution in [3.63, 3.8) is 0 Å². The summed E-state index contributed by atoms with van der Waals surface area (Å²) in [5.41, 5.74) is 3.46. The first-order valence-electron chi connectivity index (χ1n) is 13.7. The fourth-order valence-electron chi connectivity index (χ4n) is 5.11. The molecule has 2 fully saturated rings. The van der Waals surface area contributed by atoms with Crippen LogP contribution < -0.4 is 20.3 Å². The van der Waals surface area contributed by atoms with Gasteiger partial charge >= 0.3 is 0 Å². The zero-order valence-corrected chi connectivity index (χ0v) is 22.8. The van der Waals surface area contributed by atoms with Gasteiger partial charge in [0, 0.05) is 63.5 Å². The number of methoxy groups -OCH3 is 1. The molecule has 3 aromatic carbocycles. The Bertz CT molecular complexity index is 1330. The van der Waals surface area contributed by atoms with Crippen LogP contribution in [0.4, 0.5) is 11.4 Å². The van der Waals surface area contributed by atoms with E-state index >= 15 is 0 Å². The van der Waals surface area contributed by atoms with Crippen molar-refractivity contribution in [3.05, 3.63) is 89.5 Å². The number of benzene rings is 3. The molecule has 3 aromatic rings. The molecule has 0 bridgehead atoms. The molecule has 2 aliphatic heterocycles. The Morgan fingerprint density at radius 2 is 1.50 bits per heavy atom. The van der Waals surface area contributed by atoms with Gasteiger partial charge in [0.15, 0.2) is 0 Å². The third-order valence-corrected chi connectivity index (χ3v) is 7.42. The van der Waals surface area contributed by atoms with Gasteiger partial charge in [-0.3, -0.25) is 14.4 Å². The molecule has 2 saturated heterocycles. The highest BCUT2D eigenvalue weighted by Gasteiger charge is 2.25. The standard InChI is InChI=1S/C31H35N5O4/c1-40-26-10-7-23(8-11-26)21-29(37)35-19-17-34(18-20-35)28-12-9-25(31(39)36-15-13-32-14-16-36)22-27(28)33-30(38)24-5-3-2-4-6-24/h2-12,22,32H,13-21H2,1H3,(H,33,38). The number of nitrogens with one attached hydrogen (secondary N) is 2. The van der Waals surface area contributed by atoms with Crippen molar-refractivity contribution < 1.29 is 19.1 Å². The van der Waals surface area contributed by atoms with Gasteiger partial charge < -0.3 is 30.1 Å². The molecule has 0 radical (unpaired) electrons. The van der Waals surface area contributed by atoms with E-state index in [2.05, 4.69) is 15.5 Å². The second-order valence-electron chi connectivity index (χ2n) is 9.99. The lowest BCUT2D eigenvalue weighted by Crippen LogP contribution is -2.49. The quantitative estimate of drug-likeness (QED) is 0.478. The smallest absolute Gasteiger partial charge is 0.255 e. The molecule has 9 heteroatoms. The van der Waals surface area contributed by atoms with E-state index in [-0.39, 0.29) is 17.7 Å². The fraction of sp³-hybridized carbons (Fsp3) is 0.323. The maximum atomic E-state index is 13.2. The van der Waals surface area contributed by atoms with E-state index in [0.29, 0.717) is 62.5 Å². The van der Waals surface area contributed by atoms with E-state index in [9.17, 15) is 14.4 Å². The summed E-state index contributed by atoms with van der Waals surface area (Å²) in [6, 6.07) is 22.1. The predicted octanol–water partition coefficient (Wildman–Crippen LogP) is 2.88. The van der Waals surface area contributed by atoms with Gasteiger partial charge in [-0.2, -0.15) is 0 Å². The highest BCUT2D eigenvalue weighted by atomic mass is 16.5. The summed E-state index contributed by atoms with van der Waals surface area (Å²) in [6.07, 6.45) is 0.338. The minimum atomic E-state index is -0.234. The molecule has 5 rings (SSSR count). The van der Waals surface area contributed by atoms with Crippen LogP contribution in [0.15, 0.2) is 72.8 Å². The van der Waals surface area contributed by atoms with Crippen molar-refractivity contribution in [2.45, 2.75) is 6.42 Å². The number of piperazine rings is 2. The normalized spacial score (nSPS) is 15.5. The number of nitrogens with zero attached hydrogens (tertiary/aromatic N) is 3. The number of carbonyl (C=O) groups excluding carboxylic acids is 3. The molecule has 2 heterocycles. The first-order chi connectivity index (χ1) is 19.5. The van der Waals surface area contributed by atoms with Gasteiger partial charge in [0.25, 0.3) is 11.8 Å². The number of anilines is 2. The number of carbonyl (C=O) groups is 3. The van der Waals surface area contributed by atoms with E-state index in [1.54, 1.807) is 25.3 Å². The maximum absolute atomic E-state index is 13.2. The largest absolute Gasteiger partial charge is 0.497 e. The Balaban J connectivity index is 1.30. The Kier molecular flexibility index (Phi) is 8.61. The van der Waals surface area contributed by atoms with Crippen molar-refractivity contribution in [2.24, 2.45) is 0 Å². The number of amides is 3. The van der Waals surface area contributed by atoms with Gasteiger partial charge in [-0.1, -0.05) is 30.3 Å². The second-order valence-corrected chi connectivity index (χ2v) is 9.99. The lowest BCUT2D eigenvalue weighted by molar-refractivity contribution is -0.130. The van der Waals surface area contributed by atoms with Crippen LogP contribution in [-0.2, 0) is 11.2 Å². The van der Waals surface area contributed by atoms with Crippen LogP contribution in [-0.4, -0.2) is 87.0 Å². The summed E-state index contributed by atoms with van der Waals surface area (Å²) in [4.78, 5) is 45.2. The molecule has 0 spiro atoms. The van der Waals surface area contributed by atoms with E-state index in [0.717, 1.165) is 30.1 Å². The van der Waals surface area contributed by atoms with Crippen LogP contribution in [0.25, 0.3) is 0 Å². The molecule has 2 aliphatic rings. The molecule has 0 saturated carbocycles. The van der Waals surface area contributed by atoms with Gasteiger partial charge in [0.2, 0.25) is 5.91 Å². The van der Waals surface area contributed by atoms with Crippen LogP contribution in [0.1, 0.15) is 26.3 Å². The first-order valence-corrected chi connectivity index (χ1v) is 13.7. The summed E-state index contributed by atoms with van der Waals surface area (Å²) in [5, 5.41) is 6.31. The molecule has 2 N–H and O–H groups in total. The van der Waals surface area contributed by atoms with Crippen molar-refractivity contribution in [1.29, 1.82) is 0 Å². The Morgan fingerprint density at radius 3 is 2.17 bits per heavy atom. The minimum Gasteiger partial charge on any atom is -0.497 e. The zero-order valence-electron chi connectivity index (χ0n) is 22.8. The molecule has 208 valence electrons. The first kappa shape index (κ1) is 27.2. The molecule has 40 heavy (non-hydrogen) atoms. The van der Waals surface area contributed by atoms with Crippen molar-refractivity contribution >= 4 is 29.1 Å². The topological polar surface area (TPSA) is 94.2 Å². The monoisotopic (exact) mass is 541 g/mol. The third-order valence-electron chi connectivity index (χ3n) is 7.42. The second kappa shape index (κ2) is 12.7. The zero-order chi connectivity index (χ0) is 27.9. The van der Waals surface area contributed by atoms with E-state index in [1.165, 1.54) is 0 Å². The van der Waals surface area contributed by atoms with Crippen LogP contribution in [0.2, 0.25) is 0 Å². The SMILES string of the molecule is COc1ccc(CC(=O)N2CCN(c3ccc(C(=O)N4CCNCC4)cc3NC(=O)c3ccccc3)CC2)cc1. The average molecular weight is 542 g/mol. The number of hydrogen-bond acceptors (Lipinski definition) is 6. The van der Waals surface area contributed by atoms with E-state index in [1.807, 2.05) is 64.4 Å². The summed E-state index contributed by atoms with van der Waals surface area (Å²) in [6.45, 7) is 5.22. The molecule has 9 nitrogen and oxygen atoms in total. The molecular weight excluding hydrogens is 506 g/mol. The molecule has 0 aliphatic carbocycles. The maximum Gasteiger partial charge on any atom is 0.255 e. The van der Waals surface area contributed by atoms with Gasteiger partial charge in [0.1, 0.15) is 5.75 Å². The Hall–Kier alpha value is -4.37. The number of hydrogen-bond donors (Lipinski definition) is 2. The number of ether oxygens (including phenoxy) is 1. The third kappa shape index (κ3) is 6.43. The van der Waals surface area contributed by atoms with Gasteiger partial charge in [-0.05, 0) is 48.0 Å². The molecule has 0 aromatic heterocycles. The molecule has 0 atom stereocenters. The van der Waals surface area contributed by atoms with Crippen molar-refractivity contribution in [1.82, 2.24) is 15.1 Å². The van der Waals surface area contributed by atoms with Crippen LogP contribution >= 0.6 is 0 Å². The summed E-state index contributed by atoms with van der Waals surface area (Å²) in [5.74, 6) is 0.569. The summed E-state index contributed by atoms with van der Waals surface area (Å²) in [7, 11) is 1.62. The summed E-state index contributed by atoms with van der Waals surface area (Å²) >= 11 is 0. The van der Waals surface area contributed by atoms with Crippen LogP contribution in [0.3, 0.4) is 0 Å². The van der Waals surface area contributed by atoms with Crippen molar-refractivity contribution in [2.75, 3.05) is 69.7 Å². The lowest BCUT2D eigenvalue weighted by atomic mass is 10.1. The lowest BCUT2D eigenvalue weighted by Gasteiger charge is -2.37.